The van der Waals surface area contributed by atoms with Gasteiger partial charge in [-0.05, 0) is 52.0 Å². The molecule has 0 aliphatic rings. The van der Waals surface area contributed by atoms with Crippen LogP contribution >= 0.6 is 0 Å². The Balaban J connectivity index is 2.01. The Morgan fingerprint density at radius 3 is 2.28 bits per heavy atom. The van der Waals surface area contributed by atoms with E-state index in [0.29, 0.717) is 18.0 Å². The number of esters is 1. The number of carbonyl (C=O) groups excluding carboxylic acids is 2. The molecule has 7 heteroatoms. The van der Waals surface area contributed by atoms with Crippen molar-refractivity contribution in [3.05, 3.63) is 47.9 Å². The summed E-state index contributed by atoms with van der Waals surface area (Å²) in [6, 6.07) is 6.82. The van der Waals surface area contributed by atoms with Crippen LogP contribution in [0.4, 0.5) is 11.5 Å². The van der Waals surface area contributed by atoms with Gasteiger partial charge in [0.1, 0.15) is 11.5 Å². The van der Waals surface area contributed by atoms with Crippen LogP contribution in [0.15, 0.2) is 36.7 Å². The van der Waals surface area contributed by atoms with Crippen LogP contribution in [0.2, 0.25) is 0 Å². The number of nitrogens with zero attached hydrogens (tertiary/aromatic N) is 2. The van der Waals surface area contributed by atoms with Gasteiger partial charge in [-0.3, -0.25) is 4.79 Å². The first kappa shape index (κ1) is 18.4. The summed E-state index contributed by atoms with van der Waals surface area (Å²) in [5.41, 5.74) is 1.14. The molecule has 132 valence electrons. The third-order valence-corrected chi connectivity index (χ3v) is 3.04. The SMILES string of the molecule is CCOC(=O)c1ccc(Nc2cnc(C(=O)NC(C)(C)C)cn2)cc1. The molecular weight excluding hydrogens is 320 g/mol. The fourth-order valence-corrected chi connectivity index (χ4v) is 1.97. The first-order chi connectivity index (χ1) is 11.8. The molecule has 1 amide bonds. The number of ether oxygens (including phenoxy) is 1. The lowest BCUT2D eigenvalue weighted by atomic mass is 10.1. The van der Waals surface area contributed by atoms with Crippen molar-refractivity contribution in [2.24, 2.45) is 0 Å². The van der Waals surface area contributed by atoms with E-state index in [4.69, 9.17) is 4.74 Å². The summed E-state index contributed by atoms with van der Waals surface area (Å²) < 4.78 is 4.94. The fourth-order valence-electron chi connectivity index (χ4n) is 1.97. The minimum Gasteiger partial charge on any atom is -0.462 e. The van der Waals surface area contributed by atoms with E-state index in [1.807, 2.05) is 20.8 Å². The van der Waals surface area contributed by atoms with Crippen LogP contribution in [0.5, 0.6) is 0 Å². The molecule has 1 aromatic carbocycles. The second-order valence-electron chi connectivity index (χ2n) is 6.41. The van der Waals surface area contributed by atoms with Crippen molar-refractivity contribution in [3.8, 4) is 0 Å². The van der Waals surface area contributed by atoms with Gasteiger partial charge in [0.15, 0.2) is 0 Å². The normalized spacial score (nSPS) is 10.9. The summed E-state index contributed by atoms with van der Waals surface area (Å²) in [4.78, 5) is 31.9. The topological polar surface area (TPSA) is 93.2 Å². The highest BCUT2D eigenvalue weighted by Crippen LogP contribution is 2.15. The van der Waals surface area contributed by atoms with E-state index in [1.54, 1.807) is 31.2 Å². The zero-order chi connectivity index (χ0) is 18.4. The van der Waals surface area contributed by atoms with Crippen LogP contribution in [0.1, 0.15) is 48.5 Å². The summed E-state index contributed by atoms with van der Waals surface area (Å²) in [5, 5.41) is 5.89. The van der Waals surface area contributed by atoms with E-state index in [0.717, 1.165) is 5.69 Å². The number of benzene rings is 1. The zero-order valence-electron chi connectivity index (χ0n) is 14.8. The molecule has 0 saturated heterocycles. The monoisotopic (exact) mass is 342 g/mol. The van der Waals surface area contributed by atoms with Crippen LogP contribution in [-0.2, 0) is 4.74 Å². The van der Waals surface area contributed by atoms with Gasteiger partial charge in [-0.2, -0.15) is 0 Å². The van der Waals surface area contributed by atoms with Crippen molar-refractivity contribution in [1.29, 1.82) is 0 Å². The number of rotatable bonds is 5. The highest BCUT2D eigenvalue weighted by atomic mass is 16.5. The van der Waals surface area contributed by atoms with Gasteiger partial charge in [0.2, 0.25) is 0 Å². The molecule has 2 rings (SSSR count). The Morgan fingerprint density at radius 2 is 1.76 bits per heavy atom. The number of aromatic nitrogens is 2. The molecule has 0 saturated carbocycles. The first-order valence-corrected chi connectivity index (χ1v) is 7.97. The lowest BCUT2D eigenvalue weighted by molar-refractivity contribution is 0.0526. The number of amides is 1. The standard InChI is InChI=1S/C18H22N4O3/c1-5-25-17(24)12-6-8-13(9-7-12)21-15-11-19-14(10-20-15)16(23)22-18(2,3)4/h6-11H,5H2,1-4H3,(H,20,21)(H,22,23). The van der Waals surface area contributed by atoms with E-state index in [9.17, 15) is 9.59 Å². The molecule has 0 fully saturated rings. The molecular formula is C18H22N4O3. The average Bonchev–Trinajstić information content (AvgIpc) is 2.55. The Morgan fingerprint density at radius 1 is 1.08 bits per heavy atom. The van der Waals surface area contributed by atoms with E-state index in [1.165, 1.54) is 12.4 Å². The molecule has 0 aliphatic carbocycles. The van der Waals surface area contributed by atoms with Crippen molar-refractivity contribution in [2.45, 2.75) is 33.2 Å². The highest BCUT2D eigenvalue weighted by molar-refractivity contribution is 5.92. The molecule has 0 spiro atoms. The van der Waals surface area contributed by atoms with Gasteiger partial charge in [-0.15, -0.1) is 0 Å². The van der Waals surface area contributed by atoms with Gasteiger partial charge in [0.05, 0.1) is 24.6 Å². The Bertz CT molecular complexity index is 734. The van der Waals surface area contributed by atoms with Gasteiger partial charge in [-0.25, -0.2) is 14.8 Å². The van der Waals surface area contributed by atoms with E-state index in [-0.39, 0.29) is 23.1 Å². The number of nitrogens with one attached hydrogen (secondary N) is 2. The Labute approximate surface area is 146 Å². The molecule has 25 heavy (non-hydrogen) atoms. The van der Waals surface area contributed by atoms with Crippen LogP contribution in [-0.4, -0.2) is 34.0 Å². The van der Waals surface area contributed by atoms with Crippen molar-refractivity contribution >= 4 is 23.4 Å². The smallest absolute Gasteiger partial charge is 0.338 e. The number of carbonyl (C=O) groups is 2. The van der Waals surface area contributed by atoms with Crippen LogP contribution in [0, 0.1) is 0 Å². The number of hydrogen-bond acceptors (Lipinski definition) is 6. The largest absolute Gasteiger partial charge is 0.462 e. The Kier molecular flexibility index (Phi) is 5.69. The summed E-state index contributed by atoms with van der Waals surface area (Å²) in [6.07, 6.45) is 2.90. The molecule has 0 aliphatic heterocycles. The van der Waals surface area contributed by atoms with Gasteiger partial charge >= 0.3 is 5.97 Å². The third kappa shape index (κ3) is 5.56. The molecule has 0 atom stereocenters. The molecule has 1 heterocycles. The summed E-state index contributed by atoms with van der Waals surface area (Å²) in [5.74, 6) is -0.135. The molecule has 2 N–H and O–H groups in total. The summed E-state index contributed by atoms with van der Waals surface area (Å²) >= 11 is 0. The highest BCUT2D eigenvalue weighted by Gasteiger charge is 2.16. The predicted molar refractivity (Wildman–Crippen MR) is 94.9 cm³/mol. The maximum absolute atomic E-state index is 12.0. The first-order valence-electron chi connectivity index (χ1n) is 7.97. The maximum atomic E-state index is 12.0. The second-order valence-corrected chi connectivity index (χ2v) is 6.41. The summed E-state index contributed by atoms with van der Waals surface area (Å²) in [7, 11) is 0. The van der Waals surface area contributed by atoms with Crippen molar-refractivity contribution in [2.75, 3.05) is 11.9 Å². The average molecular weight is 342 g/mol. The quantitative estimate of drug-likeness (QED) is 0.812. The minimum absolute atomic E-state index is 0.248. The van der Waals surface area contributed by atoms with Crippen LogP contribution < -0.4 is 10.6 Å². The molecule has 0 bridgehead atoms. The minimum atomic E-state index is -0.358. The van der Waals surface area contributed by atoms with Gasteiger partial charge < -0.3 is 15.4 Å². The van der Waals surface area contributed by atoms with Gasteiger partial charge in [0, 0.05) is 11.2 Å². The zero-order valence-corrected chi connectivity index (χ0v) is 14.8. The molecule has 0 radical (unpaired) electrons. The predicted octanol–water partition coefficient (Wildman–Crippen LogP) is 2.93. The van der Waals surface area contributed by atoms with Crippen LogP contribution in [0.25, 0.3) is 0 Å². The van der Waals surface area contributed by atoms with Gasteiger partial charge in [-0.1, -0.05) is 0 Å². The van der Waals surface area contributed by atoms with Crippen molar-refractivity contribution in [3.63, 3.8) is 0 Å². The second kappa shape index (κ2) is 7.74. The van der Waals surface area contributed by atoms with Crippen molar-refractivity contribution in [1.82, 2.24) is 15.3 Å². The van der Waals surface area contributed by atoms with E-state index < -0.39 is 0 Å². The summed E-state index contributed by atoms with van der Waals surface area (Å²) in [6.45, 7) is 7.79. The number of anilines is 2. The fraction of sp³-hybridized carbons (Fsp3) is 0.333. The van der Waals surface area contributed by atoms with Gasteiger partial charge in [0.25, 0.3) is 5.91 Å². The lowest BCUT2D eigenvalue weighted by Gasteiger charge is -2.19. The molecule has 1 aromatic heterocycles. The van der Waals surface area contributed by atoms with Crippen molar-refractivity contribution < 1.29 is 14.3 Å². The Hall–Kier alpha value is -2.96. The third-order valence-electron chi connectivity index (χ3n) is 3.04. The molecule has 7 nitrogen and oxygen atoms in total. The lowest BCUT2D eigenvalue weighted by Crippen LogP contribution is -2.40. The van der Waals surface area contributed by atoms with Crippen LogP contribution in [0.3, 0.4) is 0 Å². The maximum Gasteiger partial charge on any atom is 0.338 e. The molecule has 0 unspecified atom stereocenters. The van der Waals surface area contributed by atoms with E-state index in [2.05, 4.69) is 20.6 Å². The number of hydrogen-bond donors (Lipinski definition) is 2. The van der Waals surface area contributed by atoms with E-state index >= 15 is 0 Å². The molecule has 2 aromatic rings.